The molecule has 124 valence electrons. The number of benzene rings is 1. The van der Waals surface area contributed by atoms with Crippen LogP contribution in [0.4, 0.5) is 11.4 Å². The highest BCUT2D eigenvalue weighted by atomic mass is 16.5. The molecular weight excluding hydrogens is 288 g/mol. The Balaban J connectivity index is 1.58. The van der Waals surface area contributed by atoms with E-state index in [0.717, 1.165) is 50.9 Å². The number of amides is 1. The second-order valence-electron chi connectivity index (χ2n) is 6.46. The van der Waals surface area contributed by atoms with Gasteiger partial charge in [0, 0.05) is 37.5 Å². The van der Waals surface area contributed by atoms with Gasteiger partial charge >= 0.3 is 0 Å². The molecule has 0 unspecified atom stereocenters. The number of rotatable bonds is 4. The zero-order valence-corrected chi connectivity index (χ0v) is 13.8. The van der Waals surface area contributed by atoms with Crippen LogP contribution in [0.3, 0.4) is 0 Å². The SMILES string of the molecule is CO[C@@H]1CCCN(c2ccc(NC(=O)[C@H]3CC=CCC3)cc2)C1. The number of carbonyl (C=O) groups excluding carboxylic acids is 1. The largest absolute Gasteiger partial charge is 0.380 e. The number of allylic oxidation sites excluding steroid dienone is 2. The standard InChI is InChI=1S/C19H26N2O2/c1-23-18-8-5-13-21(14-18)17-11-9-16(10-12-17)20-19(22)15-6-3-2-4-7-15/h2-3,9-12,15,18H,4-8,13-14H2,1H3,(H,20,22)/t15-,18+/m0/s1. The summed E-state index contributed by atoms with van der Waals surface area (Å²) in [5.74, 6) is 0.253. The topological polar surface area (TPSA) is 41.6 Å². The number of nitrogens with one attached hydrogen (secondary N) is 1. The molecule has 1 fully saturated rings. The van der Waals surface area contributed by atoms with E-state index in [1.165, 1.54) is 5.69 Å². The highest BCUT2D eigenvalue weighted by molar-refractivity contribution is 5.92. The number of hydrogen-bond donors (Lipinski definition) is 1. The third kappa shape index (κ3) is 4.14. The van der Waals surface area contributed by atoms with E-state index in [4.69, 9.17) is 4.74 Å². The van der Waals surface area contributed by atoms with Crippen molar-refractivity contribution in [3.8, 4) is 0 Å². The van der Waals surface area contributed by atoms with Crippen molar-refractivity contribution in [3.63, 3.8) is 0 Å². The van der Waals surface area contributed by atoms with Gasteiger partial charge in [-0.3, -0.25) is 4.79 Å². The van der Waals surface area contributed by atoms with Gasteiger partial charge in [-0.25, -0.2) is 0 Å². The molecule has 3 rings (SSSR count). The van der Waals surface area contributed by atoms with Gasteiger partial charge < -0.3 is 15.0 Å². The molecule has 1 aromatic carbocycles. The fourth-order valence-corrected chi connectivity index (χ4v) is 3.40. The lowest BCUT2D eigenvalue weighted by molar-refractivity contribution is -0.120. The van der Waals surface area contributed by atoms with Crippen molar-refractivity contribution in [2.24, 2.45) is 5.92 Å². The quantitative estimate of drug-likeness (QED) is 0.864. The van der Waals surface area contributed by atoms with Gasteiger partial charge in [0.1, 0.15) is 0 Å². The van der Waals surface area contributed by atoms with E-state index in [1.807, 2.05) is 12.1 Å². The van der Waals surface area contributed by atoms with Crippen molar-refractivity contribution in [1.82, 2.24) is 0 Å². The molecule has 0 spiro atoms. The summed E-state index contributed by atoms with van der Waals surface area (Å²) in [7, 11) is 1.78. The van der Waals surface area contributed by atoms with Gasteiger partial charge in [0.25, 0.3) is 0 Å². The molecule has 1 saturated heterocycles. The number of methoxy groups -OCH3 is 1. The van der Waals surface area contributed by atoms with Crippen molar-refractivity contribution < 1.29 is 9.53 Å². The Bertz CT molecular complexity index is 553. The van der Waals surface area contributed by atoms with Crippen LogP contribution in [-0.4, -0.2) is 32.2 Å². The minimum atomic E-state index is 0.115. The van der Waals surface area contributed by atoms with Crippen LogP contribution in [0.25, 0.3) is 0 Å². The summed E-state index contributed by atoms with van der Waals surface area (Å²) < 4.78 is 5.48. The smallest absolute Gasteiger partial charge is 0.227 e. The Morgan fingerprint density at radius 3 is 2.74 bits per heavy atom. The first-order valence-corrected chi connectivity index (χ1v) is 8.60. The average molecular weight is 314 g/mol. The van der Waals surface area contributed by atoms with Gasteiger partial charge in [0.2, 0.25) is 5.91 Å². The molecule has 4 heteroatoms. The number of piperidine rings is 1. The maximum absolute atomic E-state index is 12.3. The first-order chi connectivity index (χ1) is 11.3. The third-order valence-electron chi connectivity index (χ3n) is 4.85. The molecule has 1 aliphatic carbocycles. The highest BCUT2D eigenvalue weighted by Gasteiger charge is 2.20. The molecule has 0 saturated carbocycles. The monoisotopic (exact) mass is 314 g/mol. The second kappa shape index (κ2) is 7.64. The van der Waals surface area contributed by atoms with Crippen LogP contribution in [0, 0.1) is 5.92 Å². The van der Waals surface area contributed by atoms with Crippen LogP contribution in [0.15, 0.2) is 36.4 Å². The second-order valence-corrected chi connectivity index (χ2v) is 6.46. The van der Waals surface area contributed by atoms with Gasteiger partial charge in [-0.05, 0) is 56.4 Å². The molecule has 1 N–H and O–H groups in total. The maximum atomic E-state index is 12.3. The molecule has 0 bridgehead atoms. The normalized spacial score (nSPS) is 24.5. The number of ether oxygens (including phenoxy) is 1. The van der Waals surface area contributed by atoms with E-state index in [-0.39, 0.29) is 11.8 Å². The van der Waals surface area contributed by atoms with Crippen LogP contribution < -0.4 is 10.2 Å². The molecule has 23 heavy (non-hydrogen) atoms. The first-order valence-electron chi connectivity index (χ1n) is 8.60. The molecule has 1 aliphatic heterocycles. The summed E-state index contributed by atoms with van der Waals surface area (Å²) in [6.07, 6.45) is 9.70. The lowest BCUT2D eigenvalue weighted by Crippen LogP contribution is -2.39. The van der Waals surface area contributed by atoms with Crippen molar-refractivity contribution in [2.45, 2.75) is 38.2 Å². The third-order valence-corrected chi connectivity index (χ3v) is 4.85. The lowest BCUT2D eigenvalue weighted by Gasteiger charge is -2.33. The molecule has 1 amide bonds. The van der Waals surface area contributed by atoms with Crippen LogP contribution in [-0.2, 0) is 9.53 Å². The number of hydrogen-bond acceptors (Lipinski definition) is 3. The average Bonchev–Trinajstić information content (AvgIpc) is 2.63. The van der Waals surface area contributed by atoms with Gasteiger partial charge in [-0.1, -0.05) is 12.2 Å². The molecular formula is C19H26N2O2. The minimum absolute atomic E-state index is 0.115. The molecule has 0 radical (unpaired) electrons. The maximum Gasteiger partial charge on any atom is 0.227 e. The van der Waals surface area contributed by atoms with Crippen LogP contribution in [0.2, 0.25) is 0 Å². The van der Waals surface area contributed by atoms with Crippen LogP contribution in [0.1, 0.15) is 32.1 Å². The van der Waals surface area contributed by atoms with E-state index < -0.39 is 0 Å². The van der Waals surface area contributed by atoms with Gasteiger partial charge in [-0.2, -0.15) is 0 Å². The van der Waals surface area contributed by atoms with E-state index in [2.05, 4.69) is 34.5 Å². The Morgan fingerprint density at radius 1 is 1.22 bits per heavy atom. The summed E-state index contributed by atoms with van der Waals surface area (Å²) >= 11 is 0. The van der Waals surface area contributed by atoms with Crippen molar-refractivity contribution in [1.29, 1.82) is 0 Å². The molecule has 2 atom stereocenters. The first kappa shape index (κ1) is 16.1. The summed E-state index contributed by atoms with van der Waals surface area (Å²) in [4.78, 5) is 14.6. The van der Waals surface area contributed by atoms with Crippen LogP contribution in [0.5, 0.6) is 0 Å². The minimum Gasteiger partial charge on any atom is -0.380 e. The summed E-state index contributed by atoms with van der Waals surface area (Å²) in [5.41, 5.74) is 2.08. The van der Waals surface area contributed by atoms with Crippen molar-refractivity contribution in [2.75, 3.05) is 30.4 Å². The number of anilines is 2. The molecule has 1 aromatic rings. The number of nitrogens with zero attached hydrogens (tertiary/aromatic N) is 1. The Labute approximate surface area is 138 Å². The summed E-state index contributed by atoms with van der Waals surface area (Å²) in [5, 5.41) is 3.05. The van der Waals surface area contributed by atoms with Gasteiger partial charge in [0.05, 0.1) is 6.10 Å². The van der Waals surface area contributed by atoms with Crippen molar-refractivity contribution >= 4 is 17.3 Å². The predicted octanol–water partition coefficient (Wildman–Crippen LogP) is 3.60. The zero-order chi connectivity index (χ0) is 16.1. The fraction of sp³-hybridized carbons (Fsp3) is 0.526. The predicted molar refractivity (Wildman–Crippen MR) is 93.8 cm³/mol. The molecule has 2 aliphatic rings. The summed E-state index contributed by atoms with van der Waals surface area (Å²) in [6.45, 7) is 2.01. The van der Waals surface area contributed by atoms with E-state index in [1.54, 1.807) is 7.11 Å². The van der Waals surface area contributed by atoms with E-state index in [0.29, 0.717) is 6.10 Å². The lowest BCUT2D eigenvalue weighted by atomic mass is 9.93. The van der Waals surface area contributed by atoms with Crippen LogP contribution >= 0.6 is 0 Å². The Morgan fingerprint density at radius 2 is 2.04 bits per heavy atom. The fourth-order valence-electron chi connectivity index (χ4n) is 3.40. The van der Waals surface area contributed by atoms with E-state index in [9.17, 15) is 4.79 Å². The molecule has 0 aromatic heterocycles. The Kier molecular flexibility index (Phi) is 5.34. The Hall–Kier alpha value is -1.81. The summed E-state index contributed by atoms with van der Waals surface area (Å²) in [6, 6.07) is 8.19. The van der Waals surface area contributed by atoms with Crippen molar-refractivity contribution in [3.05, 3.63) is 36.4 Å². The number of carbonyl (C=O) groups is 1. The van der Waals surface area contributed by atoms with Gasteiger partial charge in [-0.15, -0.1) is 0 Å². The zero-order valence-electron chi connectivity index (χ0n) is 13.8. The molecule has 4 nitrogen and oxygen atoms in total. The molecule has 1 heterocycles. The van der Waals surface area contributed by atoms with E-state index >= 15 is 0 Å². The van der Waals surface area contributed by atoms with Gasteiger partial charge in [0.15, 0.2) is 0 Å². The highest BCUT2D eigenvalue weighted by Crippen LogP contribution is 2.24.